The summed E-state index contributed by atoms with van der Waals surface area (Å²) in [4.78, 5) is 10.4. The summed E-state index contributed by atoms with van der Waals surface area (Å²) in [6.45, 7) is 0. The highest BCUT2D eigenvalue weighted by atomic mass is 14.9. The van der Waals surface area contributed by atoms with Crippen molar-refractivity contribution in [2.75, 3.05) is 0 Å². The van der Waals surface area contributed by atoms with Gasteiger partial charge in [-0.1, -0.05) is 176 Å². The van der Waals surface area contributed by atoms with Crippen molar-refractivity contribution in [3.63, 3.8) is 0 Å². The van der Waals surface area contributed by atoms with Gasteiger partial charge < -0.3 is 0 Å². The van der Waals surface area contributed by atoms with E-state index in [0.29, 0.717) is 5.82 Å². The third-order valence-electron chi connectivity index (χ3n) is 9.77. The van der Waals surface area contributed by atoms with Crippen molar-refractivity contribution >= 4 is 0 Å². The highest BCUT2D eigenvalue weighted by Crippen LogP contribution is 2.56. The lowest BCUT2D eigenvalue weighted by Gasteiger charge is -2.34. The van der Waals surface area contributed by atoms with Crippen LogP contribution in [-0.4, -0.2) is 9.97 Å². The first kappa shape index (κ1) is 28.8. The highest BCUT2D eigenvalue weighted by Gasteiger charge is 2.45. The molecule has 0 atom stereocenters. The van der Waals surface area contributed by atoms with E-state index >= 15 is 0 Å². The van der Waals surface area contributed by atoms with Gasteiger partial charge in [0.1, 0.15) is 0 Å². The lowest BCUT2D eigenvalue weighted by Crippen LogP contribution is -2.28. The van der Waals surface area contributed by atoms with Gasteiger partial charge in [0.25, 0.3) is 0 Å². The lowest BCUT2D eigenvalue weighted by molar-refractivity contribution is 0.768. The van der Waals surface area contributed by atoms with E-state index in [1.165, 1.54) is 38.9 Å². The molecule has 0 amide bonds. The second-order valence-electron chi connectivity index (χ2n) is 12.6. The Kier molecular flexibility index (Phi) is 7.06. The van der Waals surface area contributed by atoms with E-state index in [0.717, 1.165) is 33.6 Å². The molecule has 0 spiro atoms. The second-order valence-corrected chi connectivity index (χ2v) is 12.6. The molecule has 0 unspecified atom stereocenters. The topological polar surface area (TPSA) is 25.8 Å². The highest BCUT2D eigenvalue weighted by molar-refractivity contribution is 5.87. The van der Waals surface area contributed by atoms with Crippen LogP contribution in [0.4, 0.5) is 0 Å². The van der Waals surface area contributed by atoms with Gasteiger partial charge in [-0.05, 0) is 62.7 Å². The molecule has 7 aromatic carbocycles. The standard InChI is InChI=1S/C47H32N2/c1-4-16-33(17-5-1)35-20-14-21-36(30-35)44-32-45(49-46(48-44)34-18-6-2-7-19-34)37-22-15-25-39(31-37)47(38-23-8-3-9-24-38)42-28-12-10-26-40(42)41-27-11-13-29-43(41)47/h1-32H. The van der Waals surface area contributed by atoms with Crippen molar-refractivity contribution in [3.05, 3.63) is 216 Å². The molecule has 0 fully saturated rings. The first-order valence-electron chi connectivity index (χ1n) is 16.8. The normalized spacial score (nSPS) is 12.7. The van der Waals surface area contributed by atoms with Gasteiger partial charge in [0.15, 0.2) is 5.82 Å². The minimum Gasteiger partial charge on any atom is -0.228 e. The summed E-state index contributed by atoms with van der Waals surface area (Å²) in [6.07, 6.45) is 0. The molecule has 8 aromatic rings. The van der Waals surface area contributed by atoms with Crippen LogP contribution in [-0.2, 0) is 5.41 Å². The first-order chi connectivity index (χ1) is 24.3. The van der Waals surface area contributed by atoms with Crippen LogP contribution in [0.15, 0.2) is 194 Å². The van der Waals surface area contributed by atoms with Crippen LogP contribution in [0.5, 0.6) is 0 Å². The third-order valence-corrected chi connectivity index (χ3v) is 9.77. The molecule has 0 aliphatic heterocycles. The van der Waals surface area contributed by atoms with Crippen LogP contribution in [0.1, 0.15) is 22.3 Å². The molecule has 1 aliphatic rings. The molecule has 1 heterocycles. The predicted molar refractivity (Wildman–Crippen MR) is 201 cm³/mol. The first-order valence-corrected chi connectivity index (χ1v) is 16.8. The molecule has 0 N–H and O–H groups in total. The molecule has 0 radical (unpaired) electrons. The minimum absolute atomic E-state index is 0.480. The Hall–Kier alpha value is -6.38. The van der Waals surface area contributed by atoms with Crippen molar-refractivity contribution in [2.24, 2.45) is 0 Å². The van der Waals surface area contributed by atoms with E-state index < -0.39 is 5.41 Å². The lowest BCUT2D eigenvalue weighted by atomic mass is 9.67. The van der Waals surface area contributed by atoms with Crippen molar-refractivity contribution in [3.8, 4) is 56.2 Å². The molecule has 2 nitrogen and oxygen atoms in total. The maximum Gasteiger partial charge on any atom is 0.160 e. The summed E-state index contributed by atoms with van der Waals surface area (Å²) in [7, 11) is 0. The van der Waals surface area contributed by atoms with E-state index in [1.54, 1.807) is 0 Å². The Labute approximate surface area is 287 Å². The van der Waals surface area contributed by atoms with E-state index in [1.807, 2.05) is 18.2 Å². The van der Waals surface area contributed by atoms with Gasteiger partial charge in [0.05, 0.1) is 16.8 Å². The van der Waals surface area contributed by atoms with E-state index in [-0.39, 0.29) is 0 Å². The van der Waals surface area contributed by atoms with Gasteiger partial charge in [0.2, 0.25) is 0 Å². The SMILES string of the molecule is c1ccc(-c2cccc(-c3cc(-c4cccc(C5(c6ccccc6)c6ccccc6-c6ccccc65)c4)nc(-c4ccccc4)n3)c2)cc1. The quantitative estimate of drug-likeness (QED) is 0.184. The zero-order valence-electron chi connectivity index (χ0n) is 26.9. The summed E-state index contributed by atoms with van der Waals surface area (Å²) in [5.74, 6) is 0.706. The molecule has 1 aliphatic carbocycles. The van der Waals surface area contributed by atoms with Gasteiger partial charge in [-0.25, -0.2) is 9.97 Å². The van der Waals surface area contributed by atoms with Crippen molar-refractivity contribution in [1.82, 2.24) is 9.97 Å². The number of nitrogens with zero attached hydrogens (tertiary/aromatic N) is 2. The summed E-state index contributed by atoms with van der Waals surface area (Å²) >= 11 is 0. The van der Waals surface area contributed by atoms with E-state index in [2.05, 4.69) is 176 Å². The van der Waals surface area contributed by atoms with Gasteiger partial charge in [-0.3, -0.25) is 0 Å². The fourth-order valence-corrected chi connectivity index (χ4v) is 7.57. The van der Waals surface area contributed by atoms with Crippen molar-refractivity contribution in [1.29, 1.82) is 0 Å². The number of hydrogen-bond donors (Lipinski definition) is 0. The second kappa shape index (κ2) is 12.0. The van der Waals surface area contributed by atoms with Crippen LogP contribution >= 0.6 is 0 Å². The Morgan fingerprint density at radius 1 is 0.306 bits per heavy atom. The zero-order chi connectivity index (χ0) is 32.6. The van der Waals surface area contributed by atoms with Crippen LogP contribution in [0.3, 0.4) is 0 Å². The Bertz CT molecular complexity index is 2390. The van der Waals surface area contributed by atoms with Crippen LogP contribution in [0, 0.1) is 0 Å². The average molecular weight is 625 g/mol. The summed E-state index contributed by atoms with van der Waals surface area (Å²) < 4.78 is 0. The fraction of sp³-hybridized carbons (Fsp3) is 0.0213. The van der Waals surface area contributed by atoms with E-state index in [9.17, 15) is 0 Å². The molecule has 0 bridgehead atoms. The van der Waals surface area contributed by atoms with Crippen LogP contribution in [0.25, 0.3) is 56.2 Å². The summed E-state index contributed by atoms with van der Waals surface area (Å²) in [5.41, 5.74) is 14.3. The third kappa shape index (κ3) is 4.89. The predicted octanol–water partition coefficient (Wildman–Crippen LogP) is 11.5. The van der Waals surface area contributed by atoms with Gasteiger partial charge >= 0.3 is 0 Å². The largest absolute Gasteiger partial charge is 0.228 e. The van der Waals surface area contributed by atoms with Crippen LogP contribution in [0.2, 0.25) is 0 Å². The maximum atomic E-state index is 5.22. The van der Waals surface area contributed by atoms with Gasteiger partial charge in [-0.15, -0.1) is 0 Å². The molecule has 0 saturated heterocycles. The summed E-state index contributed by atoms with van der Waals surface area (Å²) in [6, 6.07) is 69.2. The molecular weight excluding hydrogens is 593 g/mol. The summed E-state index contributed by atoms with van der Waals surface area (Å²) in [5, 5.41) is 0. The molecule has 9 rings (SSSR count). The van der Waals surface area contributed by atoms with E-state index in [4.69, 9.17) is 9.97 Å². The molecule has 2 heteroatoms. The Balaban J connectivity index is 1.26. The fourth-order valence-electron chi connectivity index (χ4n) is 7.57. The molecule has 230 valence electrons. The smallest absolute Gasteiger partial charge is 0.160 e. The molecular formula is C47H32N2. The van der Waals surface area contributed by atoms with Gasteiger partial charge in [0, 0.05) is 16.7 Å². The maximum absolute atomic E-state index is 5.22. The van der Waals surface area contributed by atoms with Gasteiger partial charge in [-0.2, -0.15) is 0 Å². The van der Waals surface area contributed by atoms with Crippen molar-refractivity contribution < 1.29 is 0 Å². The molecule has 49 heavy (non-hydrogen) atoms. The zero-order valence-corrected chi connectivity index (χ0v) is 26.9. The minimum atomic E-state index is -0.480. The molecule has 1 aromatic heterocycles. The monoisotopic (exact) mass is 624 g/mol. The number of benzene rings is 7. The van der Waals surface area contributed by atoms with Crippen molar-refractivity contribution in [2.45, 2.75) is 5.41 Å². The average Bonchev–Trinajstić information content (AvgIpc) is 3.50. The number of fused-ring (bicyclic) bond motifs is 3. The number of hydrogen-bond acceptors (Lipinski definition) is 2. The number of rotatable bonds is 6. The Morgan fingerprint density at radius 3 is 1.39 bits per heavy atom. The van der Waals surface area contributed by atoms with Crippen LogP contribution < -0.4 is 0 Å². The molecule has 0 saturated carbocycles. The number of aromatic nitrogens is 2. The Morgan fingerprint density at radius 2 is 0.755 bits per heavy atom.